The minimum absolute atomic E-state index is 0.0498. The molecule has 0 bridgehead atoms. The fourth-order valence-corrected chi connectivity index (χ4v) is 6.42. The number of anilines is 1. The molecule has 1 aliphatic carbocycles. The Morgan fingerprint density at radius 2 is 1.60 bits per heavy atom. The van der Waals surface area contributed by atoms with Crippen molar-refractivity contribution in [1.82, 2.24) is 0 Å². The van der Waals surface area contributed by atoms with Gasteiger partial charge >= 0.3 is 12.4 Å². The predicted molar refractivity (Wildman–Crippen MR) is 155 cm³/mol. The summed E-state index contributed by atoms with van der Waals surface area (Å²) in [6, 6.07) is 7.34. The Labute approximate surface area is 256 Å². The number of alkyl halides is 6. The summed E-state index contributed by atoms with van der Waals surface area (Å²) < 4.78 is 81.4. The van der Waals surface area contributed by atoms with Crippen molar-refractivity contribution in [3.8, 4) is 5.75 Å². The van der Waals surface area contributed by atoms with Crippen molar-refractivity contribution in [2.45, 2.75) is 64.9 Å². The Bertz CT molecular complexity index is 1480. The first-order valence-corrected chi connectivity index (χ1v) is 14.7. The normalized spacial score (nSPS) is 22.0. The number of para-hydroxylation sites is 1. The third-order valence-electron chi connectivity index (χ3n) is 8.69. The van der Waals surface area contributed by atoms with Crippen LogP contribution >= 0.6 is 0 Å². The van der Waals surface area contributed by atoms with Gasteiger partial charge < -0.3 is 15.3 Å². The van der Waals surface area contributed by atoms with Gasteiger partial charge in [0.15, 0.2) is 0 Å². The molecule has 0 saturated carbocycles. The molecule has 244 valence electrons. The number of aliphatic hydroxyl groups is 2. The van der Waals surface area contributed by atoms with Crippen LogP contribution in [-0.4, -0.2) is 39.8 Å². The summed E-state index contributed by atoms with van der Waals surface area (Å²) >= 11 is 0. The molecule has 2 amide bonds. The zero-order chi connectivity index (χ0) is 33.4. The second kappa shape index (κ2) is 13.0. The summed E-state index contributed by atoms with van der Waals surface area (Å²) in [6.07, 6.45) is -8.62. The molecule has 45 heavy (non-hydrogen) atoms. The van der Waals surface area contributed by atoms with E-state index in [4.69, 9.17) is 0 Å². The van der Waals surface area contributed by atoms with E-state index in [2.05, 4.69) is 0 Å². The Balaban J connectivity index is 1.69. The summed E-state index contributed by atoms with van der Waals surface area (Å²) in [5.41, 5.74) is -1.72. The largest absolute Gasteiger partial charge is 0.507 e. The molecule has 1 saturated heterocycles. The van der Waals surface area contributed by atoms with E-state index in [9.17, 15) is 51.3 Å². The van der Waals surface area contributed by atoms with Crippen LogP contribution in [0.5, 0.6) is 5.75 Å². The second-order valence-corrected chi connectivity index (χ2v) is 11.8. The van der Waals surface area contributed by atoms with Crippen molar-refractivity contribution in [3.05, 3.63) is 75.9 Å². The molecular weight excluding hydrogens is 604 g/mol. The van der Waals surface area contributed by atoms with E-state index in [1.165, 1.54) is 0 Å². The Kier molecular flexibility index (Phi) is 9.89. The van der Waals surface area contributed by atoms with Crippen molar-refractivity contribution in [2.75, 3.05) is 11.5 Å². The lowest BCUT2D eigenvalue weighted by molar-refractivity contribution is -0.143. The quantitative estimate of drug-likeness (QED) is 0.154. The summed E-state index contributed by atoms with van der Waals surface area (Å²) in [7, 11) is 0. The number of aliphatic hydroxyl groups excluding tert-OH is 2. The summed E-state index contributed by atoms with van der Waals surface area (Å²) in [5, 5.41) is 32.1. The lowest BCUT2D eigenvalue weighted by Crippen LogP contribution is -2.40. The number of amides is 2. The van der Waals surface area contributed by atoms with Crippen molar-refractivity contribution in [1.29, 1.82) is 0 Å². The highest BCUT2D eigenvalue weighted by Crippen LogP contribution is 2.50. The number of allylic oxidation sites excluding steroid dienone is 2. The molecule has 2 aliphatic rings. The highest BCUT2D eigenvalue weighted by molar-refractivity contribution is 6.22. The zero-order valence-corrected chi connectivity index (χ0v) is 24.9. The van der Waals surface area contributed by atoms with E-state index < -0.39 is 71.4 Å². The predicted octanol–water partition coefficient (Wildman–Crippen LogP) is 7.13. The van der Waals surface area contributed by atoms with Gasteiger partial charge in [-0.25, -0.2) is 4.90 Å². The molecule has 1 aliphatic heterocycles. The van der Waals surface area contributed by atoms with Crippen molar-refractivity contribution < 1.29 is 51.3 Å². The van der Waals surface area contributed by atoms with E-state index in [-0.39, 0.29) is 30.6 Å². The van der Waals surface area contributed by atoms with Gasteiger partial charge in [-0.3, -0.25) is 9.59 Å². The molecule has 3 N–H and O–H groups in total. The van der Waals surface area contributed by atoms with Crippen LogP contribution in [0.4, 0.5) is 32.0 Å². The van der Waals surface area contributed by atoms with Gasteiger partial charge in [-0.05, 0) is 61.4 Å². The highest BCUT2D eigenvalue weighted by atomic mass is 19.4. The molecule has 1 heterocycles. The van der Waals surface area contributed by atoms with Gasteiger partial charge in [-0.1, -0.05) is 56.2 Å². The number of benzene rings is 2. The number of hydrogen-bond acceptors (Lipinski definition) is 5. The summed E-state index contributed by atoms with van der Waals surface area (Å²) in [5.74, 6) is -5.67. The molecule has 2 aromatic rings. The van der Waals surface area contributed by atoms with Crippen LogP contribution in [0.2, 0.25) is 0 Å². The lowest BCUT2D eigenvalue weighted by atomic mass is 9.66. The summed E-state index contributed by atoms with van der Waals surface area (Å²) in [6.45, 7) is 4.83. The minimum Gasteiger partial charge on any atom is -0.507 e. The molecule has 0 radical (unpaired) electrons. The number of aromatic hydroxyl groups is 1. The molecule has 2 aromatic carbocycles. The zero-order valence-electron chi connectivity index (χ0n) is 24.9. The molecule has 4 rings (SSSR count). The maximum absolute atomic E-state index is 13.7. The molecule has 6 nitrogen and oxygen atoms in total. The van der Waals surface area contributed by atoms with Crippen molar-refractivity contribution >= 4 is 23.6 Å². The number of hydrogen-bond donors (Lipinski definition) is 3. The van der Waals surface area contributed by atoms with Crippen LogP contribution in [-0.2, 0) is 21.9 Å². The molecule has 0 aromatic heterocycles. The number of fused-ring (bicyclic) bond motifs is 1. The van der Waals surface area contributed by atoms with E-state index in [1.54, 1.807) is 38.1 Å². The number of halogens is 6. The molecule has 0 unspecified atom stereocenters. The molecule has 12 heteroatoms. The van der Waals surface area contributed by atoms with Crippen LogP contribution in [0.15, 0.2) is 59.2 Å². The maximum atomic E-state index is 13.7. The molecular formula is C33H35F6NO5. The monoisotopic (exact) mass is 639 g/mol. The van der Waals surface area contributed by atoms with Crippen molar-refractivity contribution in [2.24, 2.45) is 23.7 Å². The average molecular weight is 640 g/mol. The van der Waals surface area contributed by atoms with Gasteiger partial charge in [0.1, 0.15) is 5.75 Å². The van der Waals surface area contributed by atoms with Gasteiger partial charge in [0, 0.05) is 11.5 Å². The van der Waals surface area contributed by atoms with Crippen LogP contribution in [0.1, 0.15) is 63.1 Å². The van der Waals surface area contributed by atoms with Crippen LogP contribution in [0.3, 0.4) is 0 Å². The smallest absolute Gasteiger partial charge is 0.416 e. The third-order valence-corrected chi connectivity index (χ3v) is 8.69. The first-order chi connectivity index (χ1) is 21.0. The fourth-order valence-electron chi connectivity index (χ4n) is 6.42. The number of phenols is 1. The van der Waals surface area contributed by atoms with E-state index >= 15 is 0 Å². The summed E-state index contributed by atoms with van der Waals surface area (Å²) in [4.78, 5) is 27.7. The molecule has 1 fully saturated rings. The van der Waals surface area contributed by atoms with Gasteiger partial charge in [0.25, 0.3) is 0 Å². The second-order valence-electron chi connectivity index (χ2n) is 11.8. The van der Waals surface area contributed by atoms with Gasteiger partial charge in [-0.15, -0.1) is 0 Å². The van der Waals surface area contributed by atoms with Crippen LogP contribution in [0, 0.1) is 23.7 Å². The van der Waals surface area contributed by atoms with Gasteiger partial charge in [0.05, 0.1) is 41.4 Å². The Morgan fingerprint density at radius 1 is 1.00 bits per heavy atom. The number of imide groups is 1. The molecule has 4 atom stereocenters. The Morgan fingerprint density at radius 3 is 2.11 bits per heavy atom. The maximum Gasteiger partial charge on any atom is 0.416 e. The van der Waals surface area contributed by atoms with Crippen molar-refractivity contribution in [3.63, 3.8) is 0 Å². The standard InChI is InChI=1S/C33H35F6NO5/c1-4-18(11-19-7-5-6-8-26(19)42)9-10-27(43)28-23(17(2)3)15-24-29(25(28)16-41)31(45)40(30(24)44)22-13-20(32(34,35)36)12-21(14-22)33(37,38)39/h5-8,11-14,17,24-25,27,29,41-43H,4,9-10,15-16H2,1-3H3/b18-11+/t24-,25+,27-,29-/m1/s1. The van der Waals surface area contributed by atoms with Gasteiger partial charge in [-0.2, -0.15) is 26.3 Å². The average Bonchev–Trinajstić information content (AvgIpc) is 3.22. The minimum atomic E-state index is -5.18. The third kappa shape index (κ3) is 6.96. The van der Waals surface area contributed by atoms with Crippen LogP contribution in [0.25, 0.3) is 6.08 Å². The number of phenolic OH excluding ortho intramolecular Hbond substituents is 1. The van der Waals surface area contributed by atoms with E-state index in [0.717, 1.165) is 5.57 Å². The Hall–Kier alpha value is -3.64. The van der Waals surface area contributed by atoms with Gasteiger partial charge in [0.2, 0.25) is 11.8 Å². The highest BCUT2D eigenvalue weighted by Gasteiger charge is 2.56. The number of carbonyl (C=O) groups is 2. The van der Waals surface area contributed by atoms with Crippen LogP contribution < -0.4 is 4.90 Å². The molecule has 0 spiro atoms. The van der Waals surface area contributed by atoms with E-state index in [0.29, 0.717) is 46.6 Å². The number of rotatable bonds is 9. The first kappa shape index (κ1) is 34.2. The lowest BCUT2D eigenvalue weighted by Gasteiger charge is -2.38. The first-order valence-electron chi connectivity index (χ1n) is 14.7. The number of carbonyl (C=O) groups excluding carboxylic acids is 2. The van der Waals surface area contributed by atoms with E-state index in [1.807, 2.05) is 13.0 Å². The topological polar surface area (TPSA) is 98.1 Å². The SMILES string of the molecule is CC/C(=C\c1ccccc1O)CC[C@@H](O)C1=C(C(C)C)C[C@H]2C(=O)N(c3cc(C(F)(F)F)cc(C(F)(F)F)c3)C(=O)[C@H]2[C@H]1CO. The fraction of sp³-hybridized carbons (Fsp3) is 0.455. The number of nitrogens with zero attached hydrogens (tertiary/aromatic N) is 1.